The first-order valence-electron chi connectivity index (χ1n) is 5.44. The molecule has 0 saturated heterocycles. The number of primary sulfonamides is 1. The number of alkyl halides is 6. The van der Waals surface area contributed by atoms with Crippen molar-refractivity contribution in [3.05, 3.63) is 5.82 Å². The molecule has 1 aromatic heterocycles. The van der Waals surface area contributed by atoms with Crippen LogP contribution in [0.2, 0.25) is 0 Å². The van der Waals surface area contributed by atoms with Crippen LogP contribution in [0.5, 0.6) is 0 Å². The molecule has 1 aliphatic rings. The minimum atomic E-state index is -5.69. The molecule has 0 aromatic carbocycles. The maximum Gasteiger partial charge on any atom is 0.407 e. The van der Waals surface area contributed by atoms with Crippen molar-refractivity contribution in [2.24, 2.45) is 5.14 Å². The van der Waals surface area contributed by atoms with Gasteiger partial charge in [-0.3, -0.25) is 4.57 Å². The molecule has 0 amide bonds. The van der Waals surface area contributed by atoms with Gasteiger partial charge in [0.1, 0.15) is 0 Å². The molecule has 0 atom stereocenters. The Hall–Kier alpha value is -1.37. The van der Waals surface area contributed by atoms with Crippen LogP contribution in [-0.2, 0) is 10.0 Å². The topological polar surface area (TPSA) is 90.9 Å². The predicted octanol–water partition coefficient (Wildman–Crippen LogP) is 1.47. The van der Waals surface area contributed by atoms with E-state index in [1.165, 1.54) is 0 Å². The van der Waals surface area contributed by atoms with Gasteiger partial charge < -0.3 is 0 Å². The molecule has 1 aromatic rings. The first-order chi connectivity index (χ1) is 9.33. The van der Waals surface area contributed by atoms with E-state index in [-0.39, 0.29) is 12.8 Å². The number of rotatable bonds is 3. The van der Waals surface area contributed by atoms with Gasteiger partial charge in [0.25, 0.3) is 15.2 Å². The van der Waals surface area contributed by atoms with Crippen LogP contribution in [0.1, 0.15) is 30.6 Å². The number of sulfonamides is 1. The predicted molar refractivity (Wildman–Crippen MR) is 54.5 cm³/mol. The summed E-state index contributed by atoms with van der Waals surface area (Å²) in [6.07, 6.45) is -10.9. The zero-order valence-corrected chi connectivity index (χ0v) is 10.8. The highest BCUT2D eigenvalue weighted by atomic mass is 32.2. The van der Waals surface area contributed by atoms with E-state index in [0.717, 1.165) is 0 Å². The molecular weight excluding hydrogens is 330 g/mol. The number of hydrogen-bond acceptors (Lipinski definition) is 4. The third-order valence-corrected chi connectivity index (χ3v) is 3.56. The molecular formula is C8H8F6N4O2S. The van der Waals surface area contributed by atoms with Crippen molar-refractivity contribution in [2.75, 3.05) is 0 Å². The van der Waals surface area contributed by atoms with E-state index in [1.54, 1.807) is 0 Å². The largest absolute Gasteiger partial charge is 0.407 e. The van der Waals surface area contributed by atoms with Crippen molar-refractivity contribution < 1.29 is 34.8 Å². The van der Waals surface area contributed by atoms with Crippen LogP contribution >= 0.6 is 0 Å². The number of nitrogens with two attached hydrogens (primary N) is 1. The summed E-state index contributed by atoms with van der Waals surface area (Å²) in [6, 6.07) is -0.837. The molecule has 2 rings (SSSR count). The SMILES string of the molecule is NS(=O)(=O)c1nnc(C(C(F)(F)F)C(F)(F)F)n1C1CC1. The van der Waals surface area contributed by atoms with Crippen molar-refractivity contribution >= 4 is 10.0 Å². The van der Waals surface area contributed by atoms with Gasteiger partial charge >= 0.3 is 12.4 Å². The van der Waals surface area contributed by atoms with E-state index < -0.39 is 45.3 Å². The molecule has 13 heteroatoms. The molecule has 1 saturated carbocycles. The average molecular weight is 338 g/mol. The molecule has 0 unspecified atom stereocenters. The molecule has 0 bridgehead atoms. The maximum atomic E-state index is 12.7. The van der Waals surface area contributed by atoms with Crippen molar-refractivity contribution in [3.63, 3.8) is 0 Å². The summed E-state index contributed by atoms with van der Waals surface area (Å²) in [6.45, 7) is 0. The Morgan fingerprint density at radius 2 is 1.57 bits per heavy atom. The summed E-state index contributed by atoms with van der Waals surface area (Å²) in [5.41, 5.74) is 0. The fourth-order valence-electron chi connectivity index (χ4n) is 1.83. The summed E-state index contributed by atoms with van der Waals surface area (Å²) >= 11 is 0. The Kier molecular flexibility index (Phi) is 3.48. The van der Waals surface area contributed by atoms with E-state index in [1.807, 2.05) is 0 Å². The van der Waals surface area contributed by atoms with E-state index in [2.05, 4.69) is 10.2 Å². The molecule has 6 nitrogen and oxygen atoms in total. The van der Waals surface area contributed by atoms with Crippen LogP contribution in [0.15, 0.2) is 5.16 Å². The van der Waals surface area contributed by atoms with Gasteiger partial charge in [-0.2, -0.15) is 26.3 Å². The van der Waals surface area contributed by atoms with Crippen LogP contribution in [0.3, 0.4) is 0 Å². The van der Waals surface area contributed by atoms with Gasteiger partial charge in [-0.1, -0.05) is 0 Å². The summed E-state index contributed by atoms with van der Waals surface area (Å²) in [4.78, 5) is 0. The Labute approximate surface area is 114 Å². The smallest absolute Gasteiger partial charge is 0.297 e. The highest BCUT2D eigenvalue weighted by Crippen LogP contribution is 2.48. The summed E-state index contributed by atoms with van der Waals surface area (Å²) < 4.78 is 98.9. The lowest BCUT2D eigenvalue weighted by Crippen LogP contribution is -2.36. The fourth-order valence-corrected chi connectivity index (χ4v) is 2.50. The lowest BCUT2D eigenvalue weighted by molar-refractivity contribution is -0.256. The quantitative estimate of drug-likeness (QED) is 0.845. The van der Waals surface area contributed by atoms with E-state index in [4.69, 9.17) is 5.14 Å². The monoisotopic (exact) mass is 338 g/mol. The molecule has 0 spiro atoms. The highest BCUT2D eigenvalue weighted by molar-refractivity contribution is 7.89. The second-order valence-corrected chi connectivity index (χ2v) is 5.96. The van der Waals surface area contributed by atoms with Gasteiger partial charge in [-0.25, -0.2) is 13.6 Å². The molecule has 120 valence electrons. The highest BCUT2D eigenvalue weighted by Gasteiger charge is 2.61. The first kappa shape index (κ1) is 16.0. The Bertz CT molecular complexity index is 631. The Balaban J connectivity index is 2.65. The fraction of sp³-hybridized carbons (Fsp3) is 0.750. The van der Waals surface area contributed by atoms with Crippen LogP contribution in [0.25, 0.3) is 0 Å². The van der Waals surface area contributed by atoms with Crippen molar-refractivity contribution in [1.82, 2.24) is 14.8 Å². The summed E-state index contributed by atoms with van der Waals surface area (Å²) in [5, 5.41) is 9.33. The normalized spacial score (nSPS) is 17.5. The third-order valence-electron chi connectivity index (χ3n) is 2.77. The lowest BCUT2D eigenvalue weighted by atomic mass is 10.1. The van der Waals surface area contributed by atoms with Crippen LogP contribution in [0, 0.1) is 0 Å². The molecule has 2 N–H and O–H groups in total. The van der Waals surface area contributed by atoms with E-state index in [0.29, 0.717) is 4.57 Å². The van der Waals surface area contributed by atoms with Crippen LogP contribution < -0.4 is 5.14 Å². The molecule has 21 heavy (non-hydrogen) atoms. The second kappa shape index (κ2) is 4.56. The molecule has 1 fully saturated rings. The number of nitrogens with zero attached hydrogens (tertiary/aromatic N) is 3. The number of hydrogen-bond donors (Lipinski definition) is 1. The second-order valence-electron chi connectivity index (χ2n) is 4.50. The minimum absolute atomic E-state index is 0.218. The lowest BCUT2D eigenvalue weighted by Gasteiger charge is -2.22. The molecule has 1 aliphatic carbocycles. The Morgan fingerprint density at radius 3 is 1.90 bits per heavy atom. The van der Waals surface area contributed by atoms with Crippen molar-refractivity contribution in [2.45, 2.75) is 42.3 Å². The van der Waals surface area contributed by atoms with E-state index >= 15 is 0 Å². The maximum absolute atomic E-state index is 12.7. The third kappa shape index (κ3) is 3.12. The van der Waals surface area contributed by atoms with Gasteiger partial charge in [0, 0.05) is 6.04 Å². The number of aromatic nitrogens is 3. The van der Waals surface area contributed by atoms with Gasteiger partial charge in [0.2, 0.25) is 5.92 Å². The van der Waals surface area contributed by atoms with Crippen molar-refractivity contribution in [1.29, 1.82) is 0 Å². The minimum Gasteiger partial charge on any atom is -0.297 e. The summed E-state index contributed by atoms with van der Waals surface area (Å²) in [7, 11) is -4.59. The van der Waals surface area contributed by atoms with Crippen molar-refractivity contribution in [3.8, 4) is 0 Å². The van der Waals surface area contributed by atoms with Crippen LogP contribution in [0.4, 0.5) is 26.3 Å². The zero-order valence-electron chi connectivity index (χ0n) is 9.98. The zero-order chi connectivity index (χ0) is 16.2. The number of halogens is 6. The molecule has 0 radical (unpaired) electrons. The van der Waals surface area contributed by atoms with Gasteiger partial charge in [-0.15, -0.1) is 10.2 Å². The first-order valence-corrected chi connectivity index (χ1v) is 6.99. The van der Waals surface area contributed by atoms with Gasteiger partial charge in [-0.05, 0) is 12.8 Å². The van der Waals surface area contributed by atoms with Gasteiger partial charge in [0.15, 0.2) is 5.82 Å². The molecule has 0 aliphatic heterocycles. The molecule has 1 heterocycles. The summed E-state index contributed by atoms with van der Waals surface area (Å²) in [5.74, 6) is -5.44. The standard InChI is InChI=1S/C8H8F6N4O2S/c9-7(10,11)4(8(12,13)14)5-16-17-6(21(15,19)20)18(5)3-1-2-3/h3-4H,1-2H2,(H2,15,19,20). The van der Waals surface area contributed by atoms with Crippen LogP contribution in [-0.4, -0.2) is 35.5 Å². The Morgan fingerprint density at radius 1 is 1.10 bits per heavy atom. The van der Waals surface area contributed by atoms with E-state index in [9.17, 15) is 34.8 Å². The average Bonchev–Trinajstić information content (AvgIpc) is 2.94. The van der Waals surface area contributed by atoms with Gasteiger partial charge in [0.05, 0.1) is 0 Å².